The molecule has 0 aromatic carbocycles. The van der Waals surface area contributed by atoms with E-state index in [0.29, 0.717) is 12.6 Å². The van der Waals surface area contributed by atoms with Crippen LogP contribution in [0.1, 0.15) is 60.8 Å². The van der Waals surface area contributed by atoms with Gasteiger partial charge < -0.3 is 10.5 Å². The second-order valence-electron chi connectivity index (χ2n) is 6.87. The second-order valence-corrected chi connectivity index (χ2v) is 6.87. The molecule has 0 saturated carbocycles. The molecule has 0 spiro atoms. The van der Waals surface area contributed by atoms with Gasteiger partial charge in [0.25, 0.3) is 0 Å². The van der Waals surface area contributed by atoms with Gasteiger partial charge in [-0.3, -0.25) is 4.90 Å². The summed E-state index contributed by atoms with van der Waals surface area (Å²) in [5, 5.41) is 0. The first-order valence-electron chi connectivity index (χ1n) is 7.29. The third-order valence-corrected chi connectivity index (χ3v) is 4.87. The van der Waals surface area contributed by atoms with Gasteiger partial charge in [-0.15, -0.1) is 0 Å². The Morgan fingerprint density at radius 1 is 1.17 bits per heavy atom. The summed E-state index contributed by atoms with van der Waals surface area (Å²) in [7, 11) is 2.22. The van der Waals surface area contributed by atoms with E-state index in [-0.39, 0.29) is 16.7 Å². The van der Waals surface area contributed by atoms with E-state index in [1.807, 2.05) is 0 Å². The van der Waals surface area contributed by atoms with E-state index in [4.69, 9.17) is 10.5 Å². The van der Waals surface area contributed by atoms with Crippen LogP contribution in [0.25, 0.3) is 0 Å². The van der Waals surface area contributed by atoms with Crippen LogP contribution in [-0.2, 0) is 4.74 Å². The van der Waals surface area contributed by atoms with Crippen LogP contribution in [0.2, 0.25) is 0 Å². The maximum absolute atomic E-state index is 6.28. The number of hydrogen-bond acceptors (Lipinski definition) is 3. The Hall–Kier alpha value is -0.120. The number of ether oxygens (including phenoxy) is 1. The van der Waals surface area contributed by atoms with E-state index in [1.54, 1.807) is 0 Å². The predicted octanol–water partition coefficient (Wildman–Crippen LogP) is 2.78. The lowest BCUT2D eigenvalue weighted by atomic mass is 9.76. The number of likely N-dealkylation sites (N-methyl/N-ethyl adjacent to an activating group) is 1. The van der Waals surface area contributed by atoms with Crippen LogP contribution in [0.4, 0.5) is 0 Å². The summed E-state index contributed by atoms with van der Waals surface area (Å²) in [6.07, 6.45) is 3.31. The fourth-order valence-corrected chi connectivity index (χ4v) is 3.94. The molecule has 0 aromatic rings. The normalized spacial score (nSPS) is 30.3. The first-order chi connectivity index (χ1) is 8.15. The molecular weight excluding hydrogens is 224 g/mol. The molecule has 1 aliphatic rings. The maximum Gasteiger partial charge on any atom is 0.0830 e. The van der Waals surface area contributed by atoms with Crippen LogP contribution in [0.15, 0.2) is 0 Å². The Morgan fingerprint density at radius 3 is 1.94 bits per heavy atom. The molecular formula is C15H32N2O. The summed E-state index contributed by atoms with van der Waals surface area (Å²) >= 11 is 0. The predicted molar refractivity (Wildman–Crippen MR) is 77.8 cm³/mol. The Balaban J connectivity index is 3.12. The lowest BCUT2D eigenvalue weighted by Gasteiger charge is -2.49. The summed E-state index contributed by atoms with van der Waals surface area (Å²) in [5.41, 5.74) is 5.83. The zero-order chi connectivity index (χ0) is 14.2. The molecule has 2 N–H and O–H groups in total. The molecule has 0 amide bonds. The summed E-state index contributed by atoms with van der Waals surface area (Å²) in [6, 6.07) is 0.574. The summed E-state index contributed by atoms with van der Waals surface area (Å²) in [6.45, 7) is 13.9. The molecule has 0 aromatic heterocycles. The van der Waals surface area contributed by atoms with Gasteiger partial charge in [-0.2, -0.15) is 0 Å². The van der Waals surface area contributed by atoms with Gasteiger partial charge in [0.05, 0.1) is 16.7 Å². The molecule has 18 heavy (non-hydrogen) atoms. The van der Waals surface area contributed by atoms with Crippen molar-refractivity contribution in [2.24, 2.45) is 5.73 Å². The smallest absolute Gasteiger partial charge is 0.0830 e. The first-order valence-corrected chi connectivity index (χ1v) is 7.29. The molecule has 0 bridgehead atoms. The fourth-order valence-electron chi connectivity index (χ4n) is 3.94. The fraction of sp³-hybridized carbons (Fsp3) is 1.00. The molecule has 1 rings (SSSR count). The SMILES string of the molecule is CCC(CC)N(C)C1(CN)CC(C)(C)OC1(C)C. The molecule has 0 radical (unpaired) electrons. The Bertz CT molecular complexity index is 284. The first kappa shape index (κ1) is 15.9. The molecule has 3 heteroatoms. The van der Waals surface area contributed by atoms with Gasteiger partial charge in [-0.25, -0.2) is 0 Å². The Kier molecular flexibility index (Phi) is 4.52. The van der Waals surface area contributed by atoms with Crippen molar-refractivity contribution >= 4 is 0 Å². The lowest BCUT2D eigenvalue weighted by molar-refractivity contribution is -0.106. The third-order valence-electron chi connectivity index (χ3n) is 4.87. The minimum absolute atomic E-state index is 0.0623. The highest BCUT2D eigenvalue weighted by Crippen LogP contribution is 2.48. The molecule has 1 atom stereocenters. The van der Waals surface area contributed by atoms with Crippen LogP contribution in [-0.4, -0.2) is 41.3 Å². The minimum atomic E-state index is -0.206. The van der Waals surface area contributed by atoms with E-state index in [0.717, 1.165) is 19.3 Å². The van der Waals surface area contributed by atoms with Gasteiger partial charge in [0, 0.05) is 12.6 Å². The Morgan fingerprint density at radius 2 is 1.67 bits per heavy atom. The van der Waals surface area contributed by atoms with Crippen molar-refractivity contribution < 1.29 is 4.74 Å². The number of rotatable bonds is 5. The zero-order valence-electron chi connectivity index (χ0n) is 13.3. The number of hydrogen-bond donors (Lipinski definition) is 1. The van der Waals surface area contributed by atoms with Crippen molar-refractivity contribution in [1.82, 2.24) is 4.90 Å². The third kappa shape index (κ3) is 2.45. The van der Waals surface area contributed by atoms with Crippen molar-refractivity contribution in [3.8, 4) is 0 Å². The van der Waals surface area contributed by atoms with E-state index < -0.39 is 0 Å². The van der Waals surface area contributed by atoms with Gasteiger partial charge in [-0.1, -0.05) is 13.8 Å². The van der Waals surface area contributed by atoms with E-state index >= 15 is 0 Å². The van der Waals surface area contributed by atoms with Gasteiger partial charge in [0.15, 0.2) is 0 Å². The average Bonchev–Trinajstić information content (AvgIpc) is 2.45. The number of nitrogens with zero attached hydrogens (tertiary/aromatic N) is 1. The van der Waals surface area contributed by atoms with Crippen LogP contribution in [0, 0.1) is 0 Å². The van der Waals surface area contributed by atoms with Gasteiger partial charge >= 0.3 is 0 Å². The van der Waals surface area contributed by atoms with Gasteiger partial charge in [0.1, 0.15) is 0 Å². The van der Waals surface area contributed by atoms with Crippen molar-refractivity contribution in [2.75, 3.05) is 13.6 Å². The van der Waals surface area contributed by atoms with Crippen LogP contribution in [0.5, 0.6) is 0 Å². The highest BCUT2D eigenvalue weighted by molar-refractivity contribution is 5.13. The second kappa shape index (κ2) is 5.10. The molecule has 108 valence electrons. The lowest BCUT2D eigenvalue weighted by Crippen LogP contribution is -2.64. The molecule has 1 saturated heterocycles. The molecule has 1 fully saturated rings. The Labute approximate surface area is 113 Å². The quantitative estimate of drug-likeness (QED) is 0.822. The van der Waals surface area contributed by atoms with E-state index in [2.05, 4.69) is 53.5 Å². The molecule has 1 aliphatic heterocycles. The average molecular weight is 256 g/mol. The van der Waals surface area contributed by atoms with Crippen molar-refractivity contribution in [2.45, 2.75) is 83.6 Å². The molecule has 1 unspecified atom stereocenters. The van der Waals surface area contributed by atoms with Crippen LogP contribution in [0.3, 0.4) is 0 Å². The maximum atomic E-state index is 6.28. The highest BCUT2D eigenvalue weighted by atomic mass is 16.5. The van der Waals surface area contributed by atoms with Crippen molar-refractivity contribution in [3.05, 3.63) is 0 Å². The number of nitrogens with two attached hydrogens (primary N) is 1. The van der Waals surface area contributed by atoms with Crippen LogP contribution < -0.4 is 5.73 Å². The minimum Gasteiger partial charge on any atom is -0.368 e. The topological polar surface area (TPSA) is 38.5 Å². The standard InChI is InChI=1S/C15H32N2O/c1-8-12(9-2)17(7)15(11-16)10-13(3,4)18-14(15,5)6/h12H,8-11,16H2,1-7H3. The van der Waals surface area contributed by atoms with Crippen molar-refractivity contribution in [1.29, 1.82) is 0 Å². The van der Waals surface area contributed by atoms with E-state index in [1.165, 1.54) is 0 Å². The van der Waals surface area contributed by atoms with Gasteiger partial charge in [-0.05, 0) is 54.0 Å². The van der Waals surface area contributed by atoms with E-state index in [9.17, 15) is 0 Å². The molecule has 3 nitrogen and oxygen atoms in total. The van der Waals surface area contributed by atoms with Gasteiger partial charge in [0.2, 0.25) is 0 Å². The molecule has 1 heterocycles. The highest BCUT2D eigenvalue weighted by Gasteiger charge is 2.59. The largest absolute Gasteiger partial charge is 0.368 e. The summed E-state index contributed by atoms with van der Waals surface area (Å²) < 4.78 is 6.28. The zero-order valence-corrected chi connectivity index (χ0v) is 13.3. The molecule has 0 aliphatic carbocycles. The van der Waals surface area contributed by atoms with Crippen molar-refractivity contribution in [3.63, 3.8) is 0 Å². The monoisotopic (exact) mass is 256 g/mol. The summed E-state index contributed by atoms with van der Waals surface area (Å²) in [4.78, 5) is 2.49. The summed E-state index contributed by atoms with van der Waals surface area (Å²) in [5.74, 6) is 0. The van der Waals surface area contributed by atoms with Crippen LogP contribution >= 0.6 is 0 Å².